The number of hydrogen-bond acceptors (Lipinski definition) is 8. The molecule has 0 aliphatic carbocycles. The van der Waals surface area contributed by atoms with Crippen molar-refractivity contribution < 1.29 is 23.5 Å². The third-order valence-electron chi connectivity index (χ3n) is 5.76. The maximum absolute atomic E-state index is 14.9. The molecule has 0 spiro atoms. The van der Waals surface area contributed by atoms with Crippen LogP contribution in [0.25, 0.3) is 0 Å². The molecule has 13 heteroatoms. The lowest BCUT2D eigenvalue weighted by molar-refractivity contribution is -0.117. The second kappa shape index (κ2) is 11.6. The number of amides is 2. The number of pyridine rings is 1. The highest BCUT2D eigenvalue weighted by Crippen LogP contribution is 2.35. The number of aliphatic imine (C=N–C) groups is 1. The van der Waals surface area contributed by atoms with Crippen molar-refractivity contribution in [2.24, 2.45) is 4.99 Å². The first-order valence-electron chi connectivity index (χ1n) is 11.7. The zero-order chi connectivity index (χ0) is 28.2. The van der Waals surface area contributed by atoms with Gasteiger partial charge in [-0.3, -0.25) is 19.6 Å². The quantitative estimate of drug-likeness (QED) is 0.330. The molecule has 0 bridgehead atoms. The number of methoxy groups -OCH3 is 1. The first-order chi connectivity index (χ1) is 19.4. The Morgan fingerprint density at radius 3 is 2.73 bits per heavy atom. The monoisotopic (exact) mass is 580 g/mol. The molecule has 0 saturated heterocycles. The van der Waals surface area contributed by atoms with E-state index in [1.807, 2.05) is 0 Å². The van der Waals surface area contributed by atoms with Gasteiger partial charge >= 0.3 is 0 Å². The number of hydrogen-bond donors (Lipinski definition) is 2. The predicted molar refractivity (Wildman–Crippen MR) is 146 cm³/mol. The van der Waals surface area contributed by atoms with Crippen LogP contribution in [0.5, 0.6) is 11.6 Å². The molecule has 5 rings (SSSR count). The minimum absolute atomic E-state index is 0.124. The van der Waals surface area contributed by atoms with Crippen molar-refractivity contribution in [3.05, 3.63) is 105 Å². The summed E-state index contributed by atoms with van der Waals surface area (Å²) in [5.74, 6) is -2.57. The van der Waals surface area contributed by atoms with Crippen molar-refractivity contribution in [3.63, 3.8) is 0 Å². The predicted octanol–water partition coefficient (Wildman–Crippen LogP) is 4.45. The number of aromatic nitrogens is 3. The average Bonchev–Trinajstić information content (AvgIpc) is 3.07. The molecule has 2 aromatic carbocycles. The summed E-state index contributed by atoms with van der Waals surface area (Å²) in [5, 5.41) is 5.74. The van der Waals surface area contributed by atoms with Crippen LogP contribution in [0.3, 0.4) is 0 Å². The molecule has 0 fully saturated rings. The number of benzene rings is 2. The van der Waals surface area contributed by atoms with E-state index < -0.39 is 29.4 Å². The number of ether oxygens (including phenoxy) is 2. The van der Waals surface area contributed by atoms with Crippen molar-refractivity contribution in [1.29, 1.82) is 0 Å². The Hall–Kier alpha value is -4.61. The van der Waals surface area contributed by atoms with E-state index in [0.29, 0.717) is 33.3 Å². The van der Waals surface area contributed by atoms with Gasteiger partial charge in [-0.1, -0.05) is 41.4 Å². The second-order valence-corrected chi connectivity index (χ2v) is 9.16. The number of carbonyl (C=O) groups excluding carboxylic acids is 2. The van der Waals surface area contributed by atoms with Crippen molar-refractivity contribution in [2.45, 2.75) is 12.8 Å². The maximum Gasteiger partial charge on any atom is 0.269 e. The molecular formula is C27H19Cl2FN6O4. The van der Waals surface area contributed by atoms with Crippen LogP contribution >= 0.6 is 23.2 Å². The maximum atomic E-state index is 14.9. The van der Waals surface area contributed by atoms with E-state index >= 15 is 0 Å². The van der Waals surface area contributed by atoms with Crippen LogP contribution in [0.2, 0.25) is 10.0 Å². The van der Waals surface area contributed by atoms with Gasteiger partial charge in [0.25, 0.3) is 11.8 Å². The van der Waals surface area contributed by atoms with E-state index in [1.165, 1.54) is 31.8 Å². The number of carbonyl (C=O) groups is 2. The van der Waals surface area contributed by atoms with E-state index in [0.717, 1.165) is 12.3 Å². The molecule has 2 N–H and O–H groups in total. The lowest BCUT2D eigenvalue weighted by Crippen LogP contribution is -2.42. The Morgan fingerprint density at radius 1 is 1.12 bits per heavy atom. The fourth-order valence-corrected chi connectivity index (χ4v) is 4.54. The number of halogens is 3. The van der Waals surface area contributed by atoms with Crippen LogP contribution in [-0.4, -0.2) is 45.8 Å². The summed E-state index contributed by atoms with van der Waals surface area (Å²) in [7, 11) is 1.44. The molecule has 4 aromatic rings. The third-order valence-corrected chi connectivity index (χ3v) is 6.27. The van der Waals surface area contributed by atoms with E-state index in [-0.39, 0.29) is 23.2 Å². The molecule has 1 atom stereocenters. The second-order valence-electron chi connectivity index (χ2n) is 8.31. The highest BCUT2D eigenvalue weighted by Gasteiger charge is 2.31. The molecule has 40 heavy (non-hydrogen) atoms. The molecule has 3 heterocycles. The molecular weight excluding hydrogens is 562 g/mol. The lowest BCUT2D eigenvalue weighted by atomic mass is 9.99. The average molecular weight is 581 g/mol. The third kappa shape index (κ3) is 5.56. The highest BCUT2D eigenvalue weighted by molar-refractivity contribution is 6.39. The summed E-state index contributed by atoms with van der Waals surface area (Å²) >= 11 is 12.7. The first kappa shape index (κ1) is 27.0. The number of benzodiazepines with no additional fused rings is 1. The van der Waals surface area contributed by atoms with Crippen LogP contribution in [-0.2, 0) is 11.4 Å². The van der Waals surface area contributed by atoms with Gasteiger partial charge in [-0.25, -0.2) is 14.4 Å². The largest absolute Gasteiger partial charge is 0.496 e. The highest BCUT2D eigenvalue weighted by atomic mass is 35.5. The summed E-state index contributed by atoms with van der Waals surface area (Å²) in [5.41, 5.74) is 1.43. The van der Waals surface area contributed by atoms with Gasteiger partial charge in [0.1, 0.15) is 23.7 Å². The number of nitrogens with zero attached hydrogens (tertiary/aromatic N) is 4. The van der Waals surface area contributed by atoms with Gasteiger partial charge < -0.3 is 20.1 Å². The Labute approximate surface area is 237 Å². The van der Waals surface area contributed by atoms with Crippen molar-refractivity contribution >= 4 is 46.4 Å². The summed E-state index contributed by atoms with van der Waals surface area (Å²) < 4.78 is 26.0. The SMILES string of the molecule is COc1cc(Cl)cc(Cl)c1C1=NC(NC(=O)c2c(F)ccnc2OCc2cnccn2)C(=O)Nc2ccccc21. The van der Waals surface area contributed by atoms with Crippen molar-refractivity contribution in [1.82, 2.24) is 20.3 Å². The zero-order valence-corrected chi connectivity index (χ0v) is 22.2. The molecule has 10 nitrogen and oxygen atoms in total. The van der Waals surface area contributed by atoms with E-state index in [4.69, 9.17) is 32.7 Å². The van der Waals surface area contributed by atoms with Crippen molar-refractivity contribution in [2.75, 3.05) is 12.4 Å². The number of fused-ring (bicyclic) bond motifs is 1. The molecule has 0 radical (unpaired) electrons. The summed E-state index contributed by atoms with van der Waals surface area (Å²) in [4.78, 5) is 43.1. The van der Waals surface area contributed by atoms with E-state index in [9.17, 15) is 14.0 Å². The van der Waals surface area contributed by atoms with Crippen LogP contribution in [0.1, 0.15) is 27.2 Å². The molecule has 2 amide bonds. The zero-order valence-electron chi connectivity index (χ0n) is 20.7. The van der Waals surface area contributed by atoms with E-state index in [1.54, 1.807) is 30.3 Å². The smallest absolute Gasteiger partial charge is 0.269 e. The minimum Gasteiger partial charge on any atom is -0.496 e. The Kier molecular flexibility index (Phi) is 7.85. The fourth-order valence-electron chi connectivity index (χ4n) is 3.97. The number of para-hydroxylation sites is 1. The normalized spacial score (nSPS) is 14.3. The van der Waals surface area contributed by atoms with Crippen LogP contribution in [0.15, 0.2) is 72.2 Å². The summed E-state index contributed by atoms with van der Waals surface area (Å²) in [6.07, 6.45) is 4.06. The summed E-state index contributed by atoms with van der Waals surface area (Å²) in [6, 6.07) is 10.9. The Balaban J connectivity index is 1.53. The number of nitrogens with one attached hydrogen (secondary N) is 2. The fraction of sp³-hybridized carbons (Fsp3) is 0.111. The topological polar surface area (TPSA) is 128 Å². The Bertz CT molecular complexity index is 1640. The molecule has 0 saturated carbocycles. The number of anilines is 1. The molecule has 202 valence electrons. The molecule has 1 aliphatic heterocycles. The van der Waals surface area contributed by atoms with Gasteiger partial charge in [-0.05, 0) is 24.3 Å². The van der Waals surface area contributed by atoms with Gasteiger partial charge in [-0.15, -0.1) is 0 Å². The van der Waals surface area contributed by atoms with Gasteiger partial charge in [0.2, 0.25) is 12.0 Å². The van der Waals surface area contributed by atoms with Crippen LogP contribution < -0.4 is 20.1 Å². The standard InChI is InChI=1S/C27H19Cl2FN6O4/c1-39-20-11-14(28)10-17(29)21(20)23-16-4-2-3-5-19(16)34-26(38)24(35-23)36-25(37)22-18(30)6-7-33-27(22)40-13-15-12-31-8-9-32-15/h2-12,24H,13H2,1H3,(H,34,38)(H,36,37). The van der Waals surface area contributed by atoms with Crippen LogP contribution in [0.4, 0.5) is 10.1 Å². The number of rotatable bonds is 7. The molecule has 1 aliphatic rings. The molecule has 1 unspecified atom stereocenters. The van der Waals surface area contributed by atoms with Gasteiger partial charge in [0, 0.05) is 29.2 Å². The van der Waals surface area contributed by atoms with Gasteiger partial charge in [0.15, 0.2) is 0 Å². The summed E-state index contributed by atoms with van der Waals surface area (Å²) in [6.45, 7) is -0.124. The lowest BCUT2D eigenvalue weighted by Gasteiger charge is -2.17. The van der Waals surface area contributed by atoms with Gasteiger partial charge in [0.05, 0.1) is 41.0 Å². The van der Waals surface area contributed by atoms with E-state index in [2.05, 4.69) is 30.6 Å². The minimum atomic E-state index is -1.50. The molecule has 2 aromatic heterocycles. The van der Waals surface area contributed by atoms with Crippen molar-refractivity contribution in [3.8, 4) is 11.6 Å². The van der Waals surface area contributed by atoms with Gasteiger partial charge in [-0.2, -0.15) is 0 Å². The first-order valence-corrected chi connectivity index (χ1v) is 12.5. The van der Waals surface area contributed by atoms with Crippen LogP contribution in [0, 0.1) is 5.82 Å². The Morgan fingerprint density at radius 2 is 1.95 bits per heavy atom.